The molecule has 1 radical (unpaired) electrons. The van der Waals surface area contributed by atoms with Crippen molar-refractivity contribution in [2.24, 2.45) is 20.6 Å². The van der Waals surface area contributed by atoms with E-state index < -0.39 is 6.10 Å². The summed E-state index contributed by atoms with van der Waals surface area (Å²) in [5.74, 6) is 0. The van der Waals surface area contributed by atoms with Crippen molar-refractivity contribution >= 4 is 22.8 Å². The van der Waals surface area contributed by atoms with Crippen LogP contribution in [0.3, 0.4) is 0 Å². The molecule has 191 valence electrons. The topological polar surface area (TPSA) is 193 Å². The number of aliphatic hydroxyl groups is 1. The molecule has 0 aliphatic heterocycles. The Morgan fingerprint density at radius 2 is 1.09 bits per heavy atom. The quantitative estimate of drug-likeness (QED) is 0.148. The Morgan fingerprint density at radius 1 is 0.735 bits per heavy atom. The van der Waals surface area contributed by atoms with E-state index in [2.05, 4.69) is 30.5 Å². The van der Waals surface area contributed by atoms with Crippen molar-refractivity contribution in [2.75, 3.05) is 6.61 Å². The van der Waals surface area contributed by atoms with Gasteiger partial charge in [-0.15, -0.1) is 0 Å². The molecule has 1 heterocycles. The van der Waals surface area contributed by atoms with Gasteiger partial charge in [0.1, 0.15) is 29.0 Å². The van der Waals surface area contributed by atoms with Crippen molar-refractivity contribution < 1.29 is 52.9 Å². The van der Waals surface area contributed by atoms with Crippen LogP contribution in [0.5, 0.6) is 0 Å². The molecule has 2 rings (SSSR count). The Kier molecular flexibility index (Phi) is 25.2. The third-order valence-electron chi connectivity index (χ3n) is 3.68. The molecule has 0 aliphatic rings. The molecule has 12 nitrogen and oxygen atoms in total. The summed E-state index contributed by atoms with van der Waals surface area (Å²) in [4.78, 5) is 7.82. The molecular weight excluding hydrogens is 493 g/mol. The van der Waals surface area contributed by atoms with E-state index >= 15 is 0 Å². The van der Waals surface area contributed by atoms with E-state index in [1.54, 1.807) is 24.5 Å². The molecule has 1 unspecified atom stereocenters. The second-order valence-corrected chi connectivity index (χ2v) is 5.95. The van der Waals surface area contributed by atoms with Crippen molar-refractivity contribution in [3.05, 3.63) is 66.5 Å². The Morgan fingerprint density at radius 3 is 1.29 bits per heavy atom. The molecule has 2 aromatic rings. The summed E-state index contributed by atoms with van der Waals surface area (Å²) in [6, 6.07) is 14.8. The van der Waals surface area contributed by atoms with E-state index in [-0.39, 0.29) is 23.4 Å². The number of pyridine rings is 1. The van der Waals surface area contributed by atoms with Crippen molar-refractivity contribution in [1.82, 2.24) is 4.98 Å². The fourth-order valence-electron chi connectivity index (χ4n) is 1.47. The number of rotatable bonds is 5. The molecular formula is C21H31CoN5O7. The SMILES string of the molecule is CC(=N\O)/C(C)=N/O.CC(=N\O)/C(C)=N/O.OCC(OO)c1ccccc1.[Co].c1ccncc1. The van der Waals surface area contributed by atoms with Crippen LogP contribution in [0.1, 0.15) is 39.4 Å². The molecule has 34 heavy (non-hydrogen) atoms. The first-order chi connectivity index (χ1) is 15.8. The minimum Gasteiger partial charge on any atom is -0.411 e. The molecule has 1 aromatic carbocycles. The van der Waals surface area contributed by atoms with Crippen LogP contribution in [-0.2, 0) is 21.7 Å². The first-order valence-corrected chi connectivity index (χ1v) is 9.39. The predicted molar refractivity (Wildman–Crippen MR) is 124 cm³/mol. The van der Waals surface area contributed by atoms with Gasteiger partial charge in [0.15, 0.2) is 0 Å². The van der Waals surface area contributed by atoms with Gasteiger partial charge in [0, 0.05) is 29.2 Å². The third kappa shape index (κ3) is 18.2. The van der Waals surface area contributed by atoms with E-state index in [0.29, 0.717) is 22.8 Å². The molecule has 1 aromatic heterocycles. The van der Waals surface area contributed by atoms with Crippen molar-refractivity contribution in [2.45, 2.75) is 33.8 Å². The van der Waals surface area contributed by atoms with E-state index in [1.165, 1.54) is 27.7 Å². The van der Waals surface area contributed by atoms with Gasteiger partial charge >= 0.3 is 0 Å². The molecule has 0 amide bonds. The van der Waals surface area contributed by atoms with Gasteiger partial charge in [-0.1, -0.05) is 57.0 Å². The Hall–Kier alpha value is -3.36. The smallest absolute Gasteiger partial charge is 0.141 e. The summed E-state index contributed by atoms with van der Waals surface area (Å²) in [5, 5.41) is 60.3. The largest absolute Gasteiger partial charge is 0.411 e. The zero-order chi connectivity index (χ0) is 25.5. The number of oxime groups is 4. The molecule has 0 bridgehead atoms. The van der Waals surface area contributed by atoms with E-state index in [1.807, 2.05) is 36.4 Å². The molecule has 0 spiro atoms. The van der Waals surface area contributed by atoms with Crippen LogP contribution < -0.4 is 0 Å². The van der Waals surface area contributed by atoms with Gasteiger partial charge in [-0.2, -0.15) is 0 Å². The number of hydrogen-bond donors (Lipinski definition) is 6. The van der Waals surface area contributed by atoms with Crippen LogP contribution in [-0.4, -0.2) is 65.6 Å². The minimum absolute atomic E-state index is 0. The molecule has 0 fully saturated rings. The van der Waals surface area contributed by atoms with Crippen molar-refractivity contribution in [3.63, 3.8) is 0 Å². The van der Waals surface area contributed by atoms with Gasteiger partial charge in [-0.05, 0) is 45.4 Å². The van der Waals surface area contributed by atoms with Gasteiger partial charge in [-0.3, -0.25) is 10.2 Å². The van der Waals surface area contributed by atoms with Crippen LogP contribution in [0.25, 0.3) is 0 Å². The molecule has 0 saturated carbocycles. The number of hydrogen-bond acceptors (Lipinski definition) is 12. The molecule has 13 heteroatoms. The average molecular weight is 524 g/mol. The zero-order valence-electron chi connectivity index (χ0n) is 19.2. The van der Waals surface area contributed by atoms with Crippen molar-refractivity contribution in [3.8, 4) is 0 Å². The zero-order valence-corrected chi connectivity index (χ0v) is 20.3. The summed E-state index contributed by atoms with van der Waals surface area (Å²) in [7, 11) is 0. The first-order valence-electron chi connectivity index (χ1n) is 9.39. The molecule has 6 N–H and O–H groups in total. The standard InChI is InChI=1S/C8H10O3.C5H5N.2C4H8N2O2.Co/c9-6-8(11-10)7-4-2-1-3-5-7;1-2-4-6-5-3-1;2*1-3(5-7)4(2)6-8;/h1-5,8-10H,6H2;1-5H;2*7-8H,1-2H3;/b;;2*5-3+,6-4+;. The van der Waals surface area contributed by atoms with E-state index in [0.717, 1.165) is 5.56 Å². The van der Waals surface area contributed by atoms with Gasteiger partial charge in [0.2, 0.25) is 0 Å². The molecule has 1 atom stereocenters. The monoisotopic (exact) mass is 524 g/mol. The first kappa shape index (κ1) is 35.2. The summed E-state index contributed by atoms with van der Waals surface area (Å²) >= 11 is 0. The normalized spacial score (nSPS) is 12.3. The van der Waals surface area contributed by atoms with Gasteiger partial charge < -0.3 is 25.9 Å². The van der Waals surface area contributed by atoms with Gasteiger partial charge in [-0.25, -0.2) is 4.89 Å². The van der Waals surface area contributed by atoms with Gasteiger partial charge in [0.25, 0.3) is 0 Å². The number of aromatic nitrogens is 1. The van der Waals surface area contributed by atoms with Crippen LogP contribution in [0.2, 0.25) is 0 Å². The second kappa shape index (κ2) is 24.3. The summed E-state index contributed by atoms with van der Waals surface area (Å²) < 4.78 is 0. The Balaban J connectivity index is -0.000000382. The van der Waals surface area contributed by atoms with Crippen LogP contribution in [0.4, 0.5) is 0 Å². The Labute approximate surface area is 208 Å². The maximum Gasteiger partial charge on any atom is 0.141 e. The van der Waals surface area contributed by atoms with Crippen molar-refractivity contribution in [1.29, 1.82) is 0 Å². The summed E-state index contributed by atoms with van der Waals surface area (Å²) in [6.07, 6.45) is 2.87. The maximum atomic E-state index is 8.69. The van der Waals surface area contributed by atoms with Crippen LogP contribution in [0.15, 0.2) is 81.5 Å². The molecule has 0 aliphatic carbocycles. The predicted octanol–water partition coefficient (Wildman–Crippen LogP) is 3.66. The number of aliphatic hydroxyl groups excluding tert-OH is 1. The number of benzene rings is 1. The van der Waals surface area contributed by atoms with E-state index in [9.17, 15) is 0 Å². The third-order valence-corrected chi connectivity index (χ3v) is 3.68. The number of nitrogens with zero attached hydrogens (tertiary/aromatic N) is 5. The average Bonchev–Trinajstić information content (AvgIpc) is 2.90. The minimum atomic E-state index is -0.629. The fraction of sp³-hybridized carbons (Fsp3) is 0.286. The summed E-state index contributed by atoms with van der Waals surface area (Å²) in [6.45, 7) is 5.93. The molecule has 0 saturated heterocycles. The fourth-order valence-corrected chi connectivity index (χ4v) is 1.47. The Bertz CT molecular complexity index is 756. The maximum absolute atomic E-state index is 8.69. The second-order valence-electron chi connectivity index (χ2n) is 5.95. The van der Waals surface area contributed by atoms with E-state index in [4.69, 9.17) is 31.2 Å². The van der Waals surface area contributed by atoms with Crippen LogP contribution in [0, 0.1) is 0 Å². The summed E-state index contributed by atoms with van der Waals surface area (Å²) in [5.41, 5.74) is 2.01. The van der Waals surface area contributed by atoms with Gasteiger partial charge in [0.05, 0.1) is 6.61 Å². The van der Waals surface area contributed by atoms with Crippen LogP contribution >= 0.6 is 0 Å².